The third kappa shape index (κ3) is 4.73. The van der Waals surface area contributed by atoms with Crippen LogP contribution in [0, 0.1) is 0 Å². The highest BCUT2D eigenvalue weighted by Gasteiger charge is 2.05. The first-order valence-electron chi connectivity index (χ1n) is 6.88. The van der Waals surface area contributed by atoms with E-state index in [4.69, 9.17) is 21.9 Å². The number of carbonyl (C=O) groups is 1. The summed E-state index contributed by atoms with van der Waals surface area (Å²) in [5.74, 6) is 0.456. The normalized spacial score (nSPS) is 10.8. The Morgan fingerprint density at radius 2 is 1.71 bits per heavy atom. The molecule has 0 atom stereocenters. The summed E-state index contributed by atoms with van der Waals surface area (Å²) in [4.78, 5) is 19.1. The molecule has 0 fully saturated rings. The number of methoxy groups -OCH3 is 1. The molecular formula is C16H17N5O3. The van der Waals surface area contributed by atoms with Crippen molar-refractivity contribution in [3.63, 3.8) is 0 Å². The minimum absolute atomic E-state index is 0.0606. The van der Waals surface area contributed by atoms with Crippen molar-refractivity contribution in [2.45, 2.75) is 0 Å². The molecule has 0 aliphatic heterocycles. The van der Waals surface area contributed by atoms with E-state index in [-0.39, 0.29) is 11.9 Å². The third-order valence-corrected chi connectivity index (χ3v) is 2.82. The summed E-state index contributed by atoms with van der Waals surface area (Å²) in [7, 11) is 1.33. The van der Waals surface area contributed by atoms with Gasteiger partial charge in [0.1, 0.15) is 11.5 Å². The minimum Gasteiger partial charge on any atom is -0.465 e. The topological polar surface area (TPSA) is 138 Å². The molecule has 24 heavy (non-hydrogen) atoms. The lowest BCUT2D eigenvalue weighted by Gasteiger charge is -2.07. The summed E-state index contributed by atoms with van der Waals surface area (Å²) in [6.07, 6.45) is 0. The lowest BCUT2D eigenvalue weighted by atomic mass is 10.2. The zero-order valence-electron chi connectivity index (χ0n) is 13.0. The Morgan fingerprint density at radius 3 is 2.33 bits per heavy atom. The van der Waals surface area contributed by atoms with Crippen LogP contribution < -0.4 is 21.9 Å². The maximum Gasteiger partial charge on any atom is 0.337 e. The summed E-state index contributed by atoms with van der Waals surface area (Å²) in [5.41, 5.74) is 17.0. The third-order valence-electron chi connectivity index (χ3n) is 2.82. The molecule has 0 aliphatic rings. The Balaban J connectivity index is 2.15. The predicted octanol–water partition coefficient (Wildman–Crippen LogP) is 1.49. The smallest absolute Gasteiger partial charge is 0.337 e. The van der Waals surface area contributed by atoms with Gasteiger partial charge in [-0.3, -0.25) is 0 Å². The number of hydrogen-bond acceptors (Lipinski definition) is 4. The molecule has 8 heteroatoms. The average molecular weight is 327 g/mol. The molecule has 0 saturated heterocycles. The van der Waals surface area contributed by atoms with Crippen molar-refractivity contribution in [1.29, 1.82) is 0 Å². The fourth-order valence-corrected chi connectivity index (χ4v) is 1.82. The van der Waals surface area contributed by atoms with Crippen molar-refractivity contribution in [3.8, 4) is 11.5 Å². The molecule has 0 aromatic heterocycles. The van der Waals surface area contributed by atoms with Gasteiger partial charge in [-0.2, -0.15) is 4.99 Å². The number of carbonyl (C=O) groups excluding carboxylic acids is 1. The summed E-state index contributed by atoms with van der Waals surface area (Å²) in [6, 6.07) is 13.4. The monoisotopic (exact) mass is 327 g/mol. The Hall–Kier alpha value is -3.55. The fourth-order valence-electron chi connectivity index (χ4n) is 1.82. The zero-order valence-corrected chi connectivity index (χ0v) is 13.0. The van der Waals surface area contributed by atoms with E-state index in [2.05, 4.69) is 14.7 Å². The van der Waals surface area contributed by atoms with E-state index >= 15 is 0 Å². The molecule has 2 aromatic rings. The summed E-state index contributed by atoms with van der Waals surface area (Å²) >= 11 is 0. The van der Waals surface area contributed by atoms with Crippen LogP contribution in [0.3, 0.4) is 0 Å². The van der Waals surface area contributed by atoms with Crippen molar-refractivity contribution in [1.82, 2.24) is 0 Å². The highest BCUT2D eigenvalue weighted by molar-refractivity contribution is 5.93. The summed E-state index contributed by atoms with van der Waals surface area (Å²) in [6.45, 7) is 0. The van der Waals surface area contributed by atoms with E-state index in [9.17, 15) is 4.79 Å². The Bertz CT molecular complexity index is 781. The van der Waals surface area contributed by atoms with E-state index in [1.54, 1.807) is 48.5 Å². The van der Waals surface area contributed by atoms with E-state index in [0.717, 1.165) is 0 Å². The largest absolute Gasteiger partial charge is 0.465 e. The van der Waals surface area contributed by atoms with Crippen LogP contribution in [-0.4, -0.2) is 25.0 Å². The Kier molecular flexibility index (Phi) is 5.35. The van der Waals surface area contributed by atoms with Crippen LogP contribution in [0.2, 0.25) is 0 Å². The second-order valence-electron chi connectivity index (χ2n) is 4.62. The van der Waals surface area contributed by atoms with Crippen molar-refractivity contribution in [3.05, 3.63) is 54.1 Å². The second kappa shape index (κ2) is 7.63. The van der Waals surface area contributed by atoms with Gasteiger partial charge in [0.15, 0.2) is 5.96 Å². The zero-order chi connectivity index (χ0) is 17.5. The maximum atomic E-state index is 11.4. The van der Waals surface area contributed by atoms with Gasteiger partial charge in [0.25, 0.3) is 0 Å². The van der Waals surface area contributed by atoms with Gasteiger partial charge in [0, 0.05) is 6.07 Å². The molecule has 0 aliphatic carbocycles. The molecular weight excluding hydrogens is 310 g/mol. The number of nitrogens with two attached hydrogens (primary N) is 3. The van der Waals surface area contributed by atoms with E-state index in [1.165, 1.54) is 7.11 Å². The molecule has 0 radical (unpaired) electrons. The average Bonchev–Trinajstić information content (AvgIpc) is 2.54. The molecule has 6 N–H and O–H groups in total. The highest BCUT2D eigenvalue weighted by Crippen LogP contribution is 2.25. The molecule has 0 unspecified atom stereocenters. The van der Waals surface area contributed by atoms with Crippen molar-refractivity contribution < 1.29 is 14.3 Å². The van der Waals surface area contributed by atoms with Gasteiger partial charge >= 0.3 is 5.97 Å². The quantitative estimate of drug-likeness (QED) is 0.442. The molecule has 0 bridgehead atoms. The second-order valence-corrected chi connectivity index (χ2v) is 4.62. The summed E-state index contributed by atoms with van der Waals surface area (Å²) < 4.78 is 10.3. The lowest BCUT2D eigenvalue weighted by Crippen LogP contribution is -2.26. The lowest BCUT2D eigenvalue weighted by molar-refractivity contribution is 0.0600. The molecule has 124 valence electrons. The van der Waals surface area contributed by atoms with E-state index < -0.39 is 5.97 Å². The number of guanidine groups is 2. The number of nitrogens with zero attached hydrogens (tertiary/aromatic N) is 2. The first-order chi connectivity index (χ1) is 11.5. The predicted molar refractivity (Wildman–Crippen MR) is 91.4 cm³/mol. The molecule has 2 aromatic carbocycles. The first-order valence-corrected chi connectivity index (χ1v) is 6.88. The molecule has 8 nitrogen and oxygen atoms in total. The maximum absolute atomic E-state index is 11.4. The number of aliphatic imine (C=N–C) groups is 2. The van der Waals surface area contributed by atoms with Gasteiger partial charge in [0.05, 0.1) is 18.4 Å². The number of rotatable bonds is 4. The van der Waals surface area contributed by atoms with Crippen LogP contribution >= 0.6 is 0 Å². The van der Waals surface area contributed by atoms with Crippen LogP contribution in [-0.2, 0) is 4.74 Å². The highest BCUT2D eigenvalue weighted by atomic mass is 16.5. The van der Waals surface area contributed by atoms with Crippen molar-refractivity contribution in [2.24, 2.45) is 27.2 Å². The van der Waals surface area contributed by atoms with Gasteiger partial charge < -0.3 is 26.7 Å². The number of ether oxygens (including phenoxy) is 2. The van der Waals surface area contributed by atoms with Crippen LogP contribution in [0.4, 0.5) is 5.69 Å². The van der Waals surface area contributed by atoms with Crippen molar-refractivity contribution >= 4 is 23.6 Å². The van der Waals surface area contributed by atoms with Crippen LogP contribution in [0.5, 0.6) is 11.5 Å². The van der Waals surface area contributed by atoms with Crippen LogP contribution in [0.15, 0.2) is 58.5 Å². The van der Waals surface area contributed by atoms with Gasteiger partial charge in [-0.25, -0.2) is 9.79 Å². The Labute approximate surface area is 138 Å². The Morgan fingerprint density at radius 1 is 1.00 bits per heavy atom. The van der Waals surface area contributed by atoms with Gasteiger partial charge in [-0.05, 0) is 36.4 Å². The molecule has 0 amide bonds. The van der Waals surface area contributed by atoms with Gasteiger partial charge in [0.2, 0.25) is 5.96 Å². The standard InChI is InChI=1S/C16H17N5O3/c1-23-14(22)10-5-7-12(8-6-10)24-13-4-2-3-11(9-13)20-16(19)21-15(17)18/h2-9H,1H3,(H6,17,18,19,20,21). The number of hydrogen-bond donors (Lipinski definition) is 3. The van der Waals surface area contributed by atoms with E-state index in [0.29, 0.717) is 22.7 Å². The minimum atomic E-state index is -0.409. The van der Waals surface area contributed by atoms with Crippen LogP contribution in [0.25, 0.3) is 0 Å². The first kappa shape index (κ1) is 16.8. The van der Waals surface area contributed by atoms with Gasteiger partial charge in [-0.1, -0.05) is 6.07 Å². The summed E-state index contributed by atoms with van der Waals surface area (Å²) in [5, 5.41) is 0. The molecule has 0 heterocycles. The van der Waals surface area contributed by atoms with Crippen LogP contribution in [0.1, 0.15) is 10.4 Å². The molecule has 0 spiro atoms. The van der Waals surface area contributed by atoms with Crippen molar-refractivity contribution in [2.75, 3.05) is 7.11 Å². The number of benzene rings is 2. The SMILES string of the molecule is COC(=O)c1ccc(Oc2cccc(N=C(N)N=C(N)N)c2)cc1. The molecule has 0 saturated carbocycles. The molecule has 2 rings (SSSR count). The fraction of sp³-hybridized carbons (Fsp3) is 0.0625. The number of esters is 1. The van der Waals surface area contributed by atoms with Gasteiger partial charge in [-0.15, -0.1) is 0 Å². The van der Waals surface area contributed by atoms with E-state index in [1.807, 2.05) is 0 Å².